The monoisotopic (exact) mass is 468 g/mol. The Kier molecular flexibility index (Phi) is 14.3. The van der Waals surface area contributed by atoms with Gasteiger partial charge in [0, 0.05) is 33.8 Å². The molecule has 6 nitrogen and oxygen atoms in total. The minimum Gasteiger partial charge on any atom is -0.378 e. The fraction of sp³-hybridized carbons (Fsp3) is 0.889. The summed E-state index contributed by atoms with van der Waals surface area (Å²) in [6.07, 6.45) is 7.58. The van der Waals surface area contributed by atoms with Gasteiger partial charge in [-0.1, -0.05) is 19.8 Å². The summed E-state index contributed by atoms with van der Waals surface area (Å²) in [4.78, 5) is 17.7. The molecule has 1 rings (SSSR count). The number of amides is 1. The molecule has 0 bridgehead atoms. The molecule has 1 fully saturated rings. The molecule has 0 heterocycles. The highest BCUT2D eigenvalue weighted by atomic mass is 127. The minimum absolute atomic E-state index is 0. The molecule has 7 heteroatoms. The van der Waals surface area contributed by atoms with Gasteiger partial charge < -0.3 is 20.3 Å². The molecule has 0 spiro atoms. The van der Waals surface area contributed by atoms with E-state index in [1.54, 1.807) is 19.0 Å². The molecule has 0 radical (unpaired) electrons. The van der Waals surface area contributed by atoms with E-state index in [-0.39, 0.29) is 36.4 Å². The molecule has 0 saturated heterocycles. The second-order valence-electron chi connectivity index (χ2n) is 6.63. The second-order valence-corrected chi connectivity index (χ2v) is 6.63. The molecule has 0 aromatic carbocycles. The Morgan fingerprint density at radius 3 is 2.40 bits per heavy atom. The lowest BCUT2D eigenvalue weighted by Gasteiger charge is -2.24. The van der Waals surface area contributed by atoms with Gasteiger partial charge >= 0.3 is 0 Å². The van der Waals surface area contributed by atoms with Gasteiger partial charge in [0.25, 0.3) is 0 Å². The first-order valence-electron chi connectivity index (χ1n) is 9.42. The smallest absolute Gasteiger partial charge is 0.243 e. The Morgan fingerprint density at radius 2 is 1.84 bits per heavy atom. The van der Waals surface area contributed by atoms with Gasteiger partial charge in [-0.2, -0.15) is 0 Å². The molecular weight excluding hydrogens is 431 g/mol. The van der Waals surface area contributed by atoms with E-state index in [2.05, 4.69) is 29.5 Å². The summed E-state index contributed by atoms with van der Waals surface area (Å²) >= 11 is 0. The summed E-state index contributed by atoms with van der Waals surface area (Å²) in [5.41, 5.74) is 0. The van der Waals surface area contributed by atoms with E-state index in [4.69, 9.17) is 4.74 Å². The summed E-state index contributed by atoms with van der Waals surface area (Å²) in [5.74, 6) is 1.42. The highest BCUT2D eigenvalue weighted by molar-refractivity contribution is 14.0. The fourth-order valence-corrected chi connectivity index (χ4v) is 3.04. The van der Waals surface area contributed by atoms with Crippen LogP contribution < -0.4 is 10.6 Å². The third kappa shape index (κ3) is 10.2. The highest BCUT2D eigenvalue weighted by Crippen LogP contribution is 2.30. The summed E-state index contributed by atoms with van der Waals surface area (Å²) in [5, 5.41) is 6.62. The second kappa shape index (κ2) is 14.6. The van der Waals surface area contributed by atoms with Crippen LogP contribution in [0.2, 0.25) is 0 Å². The molecule has 1 atom stereocenters. The number of ether oxygens (including phenoxy) is 1. The number of likely N-dealkylation sites (N-methyl/N-ethyl adjacent to an activating group) is 1. The molecular formula is C18H37IN4O2. The quantitative estimate of drug-likeness (QED) is 0.294. The molecule has 0 aliphatic heterocycles. The number of nitrogens with one attached hydrogen (secondary N) is 2. The average Bonchev–Trinajstić information content (AvgIpc) is 3.09. The topological polar surface area (TPSA) is 66.0 Å². The largest absolute Gasteiger partial charge is 0.378 e. The Bertz CT molecular complexity index is 385. The van der Waals surface area contributed by atoms with Crippen LogP contribution in [0.5, 0.6) is 0 Å². The van der Waals surface area contributed by atoms with Crippen LogP contribution in [0.25, 0.3) is 0 Å². The van der Waals surface area contributed by atoms with Gasteiger partial charge in [0.2, 0.25) is 5.91 Å². The Labute approximate surface area is 170 Å². The number of rotatable bonds is 10. The van der Waals surface area contributed by atoms with Gasteiger partial charge in [-0.15, -0.1) is 24.0 Å². The van der Waals surface area contributed by atoms with E-state index in [0.717, 1.165) is 32.5 Å². The van der Waals surface area contributed by atoms with Gasteiger partial charge in [0.1, 0.15) is 6.54 Å². The number of halogens is 1. The number of hydrogen-bond donors (Lipinski definition) is 2. The van der Waals surface area contributed by atoms with Crippen molar-refractivity contribution in [2.75, 3.05) is 40.3 Å². The summed E-state index contributed by atoms with van der Waals surface area (Å²) in [7, 11) is 3.50. The lowest BCUT2D eigenvalue weighted by molar-refractivity contribution is -0.127. The maximum absolute atomic E-state index is 11.7. The molecule has 0 aromatic rings. The molecule has 0 aromatic heterocycles. The fourth-order valence-electron chi connectivity index (χ4n) is 3.04. The van der Waals surface area contributed by atoms with Crippen molar-refractivity contribution >= 4 is 35.8 Å². The van der Waals surface area contributed by atoms with Gasteiger partial charge in [-0.3, -0.25) is 4.79 Å². The summed E-state index contributed by atoms with van der Waals surface area (Å²) < 4.78 is 5.96. The molecule has 148 valence electrons. The molecule has 1 unspecified atom stereocenters. The number of guanidine groups is 1. The van der Waals surface area contributed by atoms with Crippen LogP contribution in [0, 0.1) is 5.92 Å². The van der Waals surface area contributed by atoms with Crippen molar-refractivity contribution in [2.45, 2.75) is 58.5 Å². The number of hydrogen-bond acceptors (Lipinski definition) is 3. The predicted octanol–water partition coefficient (Wildman–Crippen LogP) is 2.62. The van der Waals surface area contributed by atoms with E-state index in [0.29, 0.717) is 18.0 Å². The first-order chi connectivity index (χ1) is 11.6. The van der Waals surface area contributed by atoms with Crippen LogP contribution in [-0.2, 0) is 9.53 Å². The standard InChI is InChI=1S/C18H36N4O2.HI/c1-5-12-19-18(21-14-17(23)22(3)4)20-13-11-16(24-6-2)15-9-7-8-10-15;/h15-16H,5-14H2,1-4H3,(H2,19,20,21);1H. The van der Waals surface area contributed by atoms with E-state index in [1.807, 2.05) is 0 Å². The van der Waals surface area contributed by atoms with Crippen molar-refractivity contribution in [3.05, 3.63) is 0 Å². The van der Waals surface area contributed by atoms with Crippen molar-refractivity contribution in [3.8, 4) is 0 Å². The molecule has 1 aliphatic rings. The van der Waals surface area contributed by atoms with Crippen LogP contribution in [0.15, 0.2) is 4.99 Å². The van der Waals surface area contributed by atoms with Gasteiger partial charge in [0.05, 0.1) is 6.10 Å². The lowest BCUT2D eigenvalue weighted by Crippen LogP contribution is -2.40. The van der Waals surface area contributed by atoms with Crippen LogP contribution in [-0.4, -0.2) is 63.2 Å². The van der Waals surface area contributed by atoms with Crippen LogP contribution >= 0.6 is 24.0 Å². The minimum atomic E-state index is 0. The van der Waals surface area contributed by atoms with Gasteiger partial charge in [-0.25, -0.2) is 4.99 Å². The molecule has 25 heavy (non-hydrogen) atoms. The zero-order valence-electron chi connectivity index (χ0n) is 16.3. The van der Waals surface area contributed by atoms with Gasteiger partial charge in [0.15, 0.2) is 5.96 Å². The van der Waals surface area contributed by atoms with Crippen molar-refractivity contribution < 1.29 is 9.53 Å². The SMILES string of the molecule is CCCNC(=NCC(=O)N(C)C)NCCC(OCC)C1CCCC1.I. The number of carbonyl (C=O) groups is 1. The normalized spacial score (nSPS) is 16.2. The van der Waals surface area contributed by atoms with E-state index in [9.17, 15) is 4.79 Å². The lowest BCUT2D eigenvalue weighted by atomic mass is 9.98. The maximum atomic E-state index is 11.7. The summed E-state index contributed by atoms with van der Waals surface area (Å²) in [6, 6.07) is 0. The van der Waals surface area contributed by atoms with Crippen LogP contribution in [0.3, 0.4) is 0 Å². The number of carbonyl (C=O) groups excluding carboxylic acids is 1. The van der Waals surface area contributed by atoms with E-state index < -0.39 is 0 Å². The number of nitrogens with zero attached hydrogens (tertiary/aromatic N) is 2. The molecule has 1 aliphatic carbocycles. The maximum Gasteiger partial charge on any atom is 0.243 e. The molecule has 1 amide bonds. The summed E-state index contributed by atoms with van der Waals surface area (Å²) in [6.45, 7) is 6.78. The Hall–Kier alpha value is -0.570. The Morgan fingerprint density at radius 1 is 1.20 bits per heavy atom. The van der Waals surface area contributed by atoms with E-state index >= 15 is 0 Å². The number of aliphatic imine (C=N–C) groups is 1. The van der Waals surface area contributed by atoms with Crippen LogP contribution in [0.1, 0.15) is 52.4 Å². The molecule has 2 N–H and O–H groups in total. The van der Waals surface area contributed by atoms with Crippen molar-refractivity contribution in [1.82, 2.24) is 15.5 Å². The third-order valence-corrected chi connectivity index (χ3v) is 4.44. The van der Waals surface area contributed by atoms with Crippen LogP contribution in [0.4, 0.5) is 0 Å². The third-order valence-electron chi connectivity index (χ3n) is 4.44. The first-order valence-corrected chi connectivity index (χ1v) is 9.42. The van der Waals surface area contributed by atoms with Crippen molar-refractivity contribution in [2.24, 2.45) is 10.9 Å². The predicted molar refractivity (Wildman–Crippen MR) is 115 cm³/mol. The van der Waals surface area contributed by atoms with E-state index in [1.165, 1.54) is 25.7 Å². The van der Waals surface area contributed by atoms with Crippen molar-refractivity contribution in [3.63, 3.8) is 0 Å². The van der Waals surface area contributed by atoms with Gasteiger partial charge in [-0.05, 0) is 38.5 Å². The zero-order chi connectivity index (χ0) is 17.8. The Balaban J connectivity index is 0.00000576. The first kappa shape index (κ1) is 24.4. The average molecular weight is 468 g/mol. The zero-order valence-corrected chi connectivity index (χ0v) is 18.7. The molecule has 1 saturated carbocycles. The highest BCUT2D eigenvalue weighted by Gasteiger charge is 2.25. The van der Waals surface area contributed by atoms with Crippen molar-refractivity contribution in [1.29, 1.82) is 0 Å².